The van der Waals surface area contributed by atoms with E-state index in [2.05, 4.69) is 6.92 Å². The molecule has 1 amide bonds. The quantitative estimate of drug-likeness (QED) is 0.785. The summed E-state index contributed by atoms with van der Waals surface area (Å²) >= 11 is 0. The largest absolute Gasteiger partial charge is 0.378 e. The zero-order chi connectivity index (χ0) is 13.5. The predicted octanol–water partition coefficient (Wildman–Crippen LogP) is 3.39. The van der Waals surface area contributed by atoms with Crippen molar-refractivity contribution in [3.8, 4) is 0 Å². The second-order valence-corrected chi connectivity index (χ2v) is 5.07. The van der Waals surface area contributed by atoms with Crippen molar-refractivity contribution in [1.29, 1.82) is 0 Å². The molecule has 3 nitrogen and oxygen atoms in total. The van der Waals surface area contributed by atoms with Crippen LogP contribution in [0.25, 0.3) is 0 Å². The Morgan fingerprint density at radius 1 is 1.37 bits per heavy atom. The van der Waals surface area contributed by atoms with Gasteiger partial charge in [-0.1, -0.05) is 31.5 Å². The Morgan fingerprint density at radius 2 is 2.16 bits per heavy atom. The van der Waals surface area contributed by atoms with E-state index in [4.69, 9.17) is 4.74 Å². The van der Waals surface area contributed by atoms with Crippen molar-refractivity contribution in [2.75, 3.05) is 18.1 Å². The lowest BCUT2D eigenvalue weighted by atomic mass is 10.1. The van der Waals surface area contributed by atoms with Crippen LogP contribution in [0.1, 0.15) is 39.0 Å². The van der Waals surface area contributed by atoms with Crippen LogP contribution < -0.4 is 4.90 Å². The van der Waals surface area contributed by atoms with Gasteiger partial charge in [0.25, 0.3) is 0 Å². The van der Waals surface area contributed by atoms with Gasteiger partial charge in [0.15, 0.2) is 0 Å². The summed E-state index contributed by atoms with van der Waals surface area (Å²) in [5.74, 6) is 0.187. The third-order valence-electron chi connectivity index (χ3n) is 3.53. The Kier molecular flexibility index (Phi) is 5.40. The standard InChI is InChI=1S/C16H23NO2/c1-2-3-11-17(14-8-5-4-6-9-14)16(18)13-15-10-7-12-19-15/h4-6,8-9,15H,2-3,7,10-13H2,1H3. The molecule has 1 unspecified atom stereocenters. The minimum atomic E-state index is 0.125. The molecule has 19 heavy (non-hydrogen) atoms. The van der Waals surface area contributed by atoms with Gasteiger partial charge in [-0.3, -0.25) is 4.79 Å². The van der Waals surface area contributed by atoms with Crippen LogP contribution >= 0.6 is 0 Å². The van der Waals surface area contributed by atoms with Gasteiger partial charge in [-0.2, -0.15) is 0 Å². The third kappa shape index (κ3) is 4.06. The van der Waals surface area contributed by atoms with E-state index in [1.807, 2.05) is 35.2 Å². The number of unbranched alkanes of at least 4 members (excludes halogenated alkanes) is 1. The van der Waals surface area contributed by atoms with E-state index in [0.717, 1.165) is 44.5 Å². The first-order chi connectivity index (χ1) is 9.31. The number of benzene rings is 1. The third-order valence-corrected chi connectivity index (χ3v) is 3.53. The first-order valence-electron chi connectivity index (χ1n) is 7.28. The molecule has 1 aliphatic heterocycles. The van der Waals surface area contributed by atoms with Crippen LogP contribution in [-0.4, -0.2) is 25.2 Å². The number of carbonyl (C=O) groups excluding carboxylic acids is 1. The molecule has 0 spiro atoms. The molecule has 0 aliphatic carbocycles. The summed E-state index contributed by atoms with van der Waals surface area (Å²) in [5, 5.41) is 0. The molecule has 0 N–H and O–H groups in total. The van der Waals surface area contributed by atoms with Gasteiger partial charge in [0.1, 0.15) is 0 Å². The fourth-order valence-corrected chi connectivity index (χ4v) is 2.43. The van der Waals surface area contributed by atoms with Gasteiger partial charge in [-0.05, 0) is 31.4 Å². The summed E-state index contributed by atoms with van der Waals surface area (Å²) < 4.78 is 5.57. The van der Waals surface area contributed by atoms with Crippen molar-refractivity contribution in [1.82, 2.24) is 0 Å². The molecule has 0 radical (unpaired) electrons. The molecule has 0 bridgehead atoms. The van der Waals surface area contributed by atoms with Crippen LogP contribution in [0.4, 0.5) is 5.69 Å². The molecule has 1 aromatic rings. The van der Waals surface area contributed by atoms with Crippen LogP contribution in [0.3, 0.4) is 0 Å². The topological polar surface area (TPSA) is 29.5 Å². The van der Waals surface area contributed by atoms with Crippen LogP contribution in [0.5, 0.6) is 0 Å². The maximum absolute atomic E-state index is 12.5. The summed E-state index contributed by atoms with van der Waals surface area (Å²) in [6.45, 7) is 3.75. The van der Waals surface area contributed by atoms with E-state index in [-0.39, 0.29) is 12.0 Å². The summed E-state index contributed by atoms with van der Waals surface area (Å²) in [5.41, 5.74) is 0.999. The number of anilines is 1. The Labute approximate surface area is 115 Å². The van der Waals surface area contributed by atoms with Gasteiger partial charge in [0, 0.05) is 18.8 Å². The Bertz CT molecular complexity index is 385. The summed E-state index contributed by atoms with van der Waals surface area (Å²) in [6.07, 6.45) is 4.86. The van der Waals surface area contributed by atoms with Crippen LogP contribution in [-0.2, 0) is 9.53 Å². The van der Waals surface area contributed by atoms with Crippen LogP contribution in [0, 0.1) is 0 Å². The molecule has 0 aromatic heterocycles. The highest BCUT2D eigenvalue weighted by Gasteiger charge is 2.23. The average Bonchev–Trinajstić information content (AvgIpc) is 2.93. The monoisotopic (exact) mass is 261 g/mol. The smallest absolute Gasteiger partial charge is 0.229 e. The van der Waals surface area contributed by atoms with Gasteiger partial charge < -0.3 is 9.64 Å². The number of hydrogen-bond donors (Lipinski definition) is 0. The van der Waals surface area contributed by atoms with Gasteiger partial charge in [0.05, 0.1) is 12.5 Å². The van der Waals surface area contributed by atoms with Gasteiger partial charge in [0.2, 0.25) is 5.91 Å². The normalized spacial score (nSPS) is 18.5. The van der Waals surface area contributed by atoms with E-state index in [1.165, 1.54) is 0 Å². The fraction of sp³-hybridized carbons (Fsp3) is 0.562. The molecule has 1 atom stereocenters. The fourth-order valence-electron chi connectivity index (χ4n) is 2.43. The highest BCUT2D eigenvalue weighted by molar-refractivity contribution is 5.93. The Morgan fingerprint density at radius 3 is 2.79 bits per heavy atom. The number of amides is 1. The predicted molar refractivity (Wildman–Crippen MR) is 77.3 cm³/mol. The van der Waals surface area contributed by atoms with Crippen molar-refractivity contribution in [2.45, 2.75) is 45.1 Å². The lowest BCUT2D eigenvalue weighted by molar-refractivity contribution is -0.120. The number of nitrogens with zero attached hydrogens (tertiary/aromatic N) is 1. The van der Waals surface area contributed by atoms with Crippen molar-refractivity contribution < 1.29 is 9.53 Å². The number of rotatable bonds is 6. The molecule has 2 rings (SSSR count). The number of para-hydroxylation sites is 1. The van der Waals surface area contributed by atoms with E-state index in [0.29, 0.717) is 6.42 Å². The highest BCUT2D eigenvalue weighted by atomic mass is 16.5. The van der Waals surface area contributed by atoms with Gasteiger partial charge >= 0.3 is 0 Å². The number of ether oxygens (including phenoxy) is 1. The van der Waals surface area contributed by atoms with E-state index in [9.17, 15) is 4.79 Å². The van der Waals surface area contributed by atoms with Crippen LogP contribution in [0.15, 0.2) is 30.3 Å². The van der Waals surface area contributed by atoms with Gasteiger partial charge in [-0.25, -0.2) is 0 Å². The minimum Gasteiger partial charge on any atom is -0.378 e. The van der Waals surface area contributed by atoms with E-state index >= 15 is 0 Å². The SMILES string of the molecule is CCCCN(C(=O)CC1CCCO1)c1ccccc1. The average molecular weight is 261 g/mol. The molecule has 0 saturated carbocycles. The van der Waals surface area contributed by atoms with E-state index < -0.39 is 0 Å². The molecule has 1 aliphatic rings. The lowest BCUT2D eigenvalue weighted by Gasteiger charge is -2.24. The van der Waals surface area contributed by atoms with Crippen molar-refractivity contribution in [3.05, 3.63) is 30.3 Å². The molecule has 1 saturated heterocycles. The maximum atomic E-state index is 12.5. The maximum Gasteiger partial charge on any atom is 0.229 e. The molecular weight excluding hydrogens is 238 g/mol. The van der Waals surface area contributed by atoms with Crippen molar-refractivity contribution in [3.63, 3.8) is 0 Å². The molecule has 104 valence electrons. The number of carbonyl (C=O) groups is 1. The summed E-state index contributed by atoms with van der Waals surface area (Å²) in [6, 6.07) is 9.94. The molecule has 1 aromatic carbocycles. The minimum absolute atomic E-state index is 0.125. The highest BCUT2D eigenvalue weighted by Crippen LogP contribution is 2.20. The van der Waals surface area contributed by atoms with Crippen molar-refractivity contribution in [2.24, 2.45) is 0 Å². The zero-order valence-corrected chi connectivity index (χ0v) is 11.7. The first-order valence-corrected chi connectivity index (χ1v) is 7.28. The molecular formula is C16H23NO2. The Balaban J connectivity index is 2.01. The molecule has 1 heterocycles. The number of hydrogen-bond acceptors (Lipinski definition) is 2. The second kappa shape index (κ2) is 7.29. The summed E-state index contributed by atoms with van der Waals surface area (Å²) in [7, 11) is 0. The van der Waals surface area contributed by atoms with Crippen LogP contribution in [0.2, 0.25) is 0 Å². The molecule has 3 heteroatoms. The zero-order valence-electron chi connectivity index (χ0n) is 11.7. The Hall–Kier alpha value is -1.35. The van der Waals surface area contributed by atoms with Gasteiger partial charge in [-0.15, -0.1) is 0 Å². The summed E-state index contributed by atoms with van der Waals surface area (Å²) in [4.78, 5) is 14.4. The first kappa shape index (κ1) is 14.1. The van der Waals surface area contributed by atoms with Crippen molar-refractivity contribution >= 4 is 11.6 Å². The molecule has 1 fully saturated rings. The second-order valence-electron chi connectivity index (χ2n) is 5.07. The lowest BCUT2D eigenvalue weighted by Crippen LogP contribution is -2.34. The van der Waals surface area contributed by atoms with E-state index in [1.54, 1.807) is 0 Å².